The number of methoxy groups -OCH3 is 2. The third-order valence-corrected chi connectivity index (χ3v) is 9.26. The van der Waals surface area contributed by atoms with E-state index in [1.807, 2.05) is 54.6 Å². The Morgan fingerprint density at radius 2 is 1.50 bits per heavy atom. The van der Waals surface area contributed by atoms with Crippen molar-refractivity contribution < 1.29 is 60.2 Å². The van der Waals surface area contributed by atoms with E-state index in [4.69, 9.17) is 33.2 Å². The molecule has 0 saturated carbocycles. The number of rotatable bonds is 19. The summed E-state index contributed by atoms with van der Waals surface area (Å²) in [6, 6.07) is 21.0. The van der Waals surface area contributed by atoms with Crippen LogP contribution in [0.1, 0.15) is 49.3 Å². The molecule has 0 fully saturated rings. The number of halogens is 5. The van der Waals surface area contributed by atoms with Crippen LogP contribution in [0.5, 0.6) is 23.0 Å². The van der Waals surface area contributed by atoms with Gasteiger partial charge in [0, 0.05) is 49.4 Å². The van der Waals surface area contributed by atoms with Crippen molar-refractivity contribution in [2.75, 3.05) is 52.5 Å². The lowest BCUT2D eigenvalue weighted by molar-refractivity contribution is -0.284. The molecule has 3 aromatic rings. The second-order valence-electron chi connectivity index (χ2n) is 12.0. The third-order valence-electron chi connectivity index (χ3n) is 8.22. The van der Waals surface area contributed by atoms with Crippen LogP contribution < -0.4 is 18.9 Å². The summed E-state index contributed by atoms with van der Waals surface area (Å²) in [5, 5.41) is 10.3. The predicted octanol–water partition coefficient (Wildman–Crippen LogP) is 7.95. The number of aliphatic hydroxyl groups excluding tert-OH is 1. The molecule has 3 aromatic carbocycles. The Balaban J connectivity index is 1.46. The van der Waals surface area contributed by atoms with E-state index in [9.17, 15) is 27.1 Å². The number of hydrogen-bond acceptors (Lipinski definition) is 9. The summed E-state index contributed by atoms with van der Waals surface area (Å²) in [7, 11) is 3.11. The van der Waals surface area contributed by atoms with Gasteiger partial charge < -0.3 is 38.3 Å². The van der Waals surface area contributed by atoms with E-state index in [1.54, 1.807) is 26.4 Å². The molecule has 1 aliphatic heterocycles. The summed E-state index contributed by atoms with van der Waals surface area (Å²) in [5.41, 5.74) is 2.47. The van der Waals surface area contributed by atoms with Gasteiger partial charge in [-0.2, -0.15) is 33.7 Å². The molecule has 50 heavy (non-hydrogen) atoms. The largest absolute Gasteiger partial charge is 0.492 e. The molecule has 4 rings (SSSR count). The number of thioether (sulfide) groups is 1. The van der Waals surface area contributed by atoms with E-state index in [2.05, 4.69) is 6.92 Å². The lowest BCUT2D eigenvalue weighted by Gasteiger charge is -2.43. The summed E-state index contributed by atoms with van der Waals surface area (Å²) in [5.74, 6) is -2.00. The molecule has 276 valence electrons. The second-order valence-corrected chi connectivity index (χ2v) is 13.3. The first-order chi connectivity index (χ1) is 23.8. The Kier molecular flexibility index (Phi) is 14.0. The van der Waals surface area contributed by atoms with Gasteiger partial charge in [0.1, 0.15) is 29.1 Å². The van der Waals surface area contributed by atoms with Crippen molar-refractivity contribution in [3.63, 3.8) is 0 Å². The van der Waals surface area contributed by atoms with Crippen molar-refractivity contribution in [1.82, 2.24) is 0 Å². The monoisotopic (exact) mass is 730 g/mol. The van der Waals surface area contributed by atoms with Crippen molar-refractivity contribution in [1.29, 1.82) is 0 Å². The highest BCUT2D eigenvalue weighted by molar-refractivity contribution is 7.99. The molecule has 0 amide bonds. The van der Waals surface area contributed by atoms with Gasteiger partial charge >= 0.3 is 12.1 Å². The molecular weight excluding hydrogens is 687 g/mol. The van der Waals surface area contributed by atoms with E-state index >= 15 is 0 Å². The number of hydrogen-bond donors (Lipinski definition) is 1. The fraction of sp³-hybridized carbons (Fsp3) is 0.500. The van der Waals surface area contributed by atoms with Crippen molar-refractivity contribution in [3.8, 4) is 23.0 Å². The zero-order valence-electron chi connectivity index (χ0n) is 28.3. The van der Waals surface area contributed by atoms with Crippen LogP contribution in [0.2, 0.25) is 0 Å². The molecule has 1 aliphatic rings. The van der Waals surface area contributed by atoms with Crippen molar-refractivity contribution in [2.45, 2.75) is 62.5 Å². The van der Waals surface area contributed by atoms with E-state index in [1.165, 1.54) is 18.7 Å². The van der Waals surface area contributed by atoms with Crippen molar-refractivity contribution in [2.24, 2.45) is 0 Å². The van der Waals surface area contributed by atoms with Gasteiger partial charge in [0.05, 0.1) is 13.2 Å². The van der Waals surface area contributed by atoms with Gasteiger partial charge in [0.2, 0.25) is 6.29 Å². The number of benzene rings is 3. The van der Waals surface area contributed by atoms with Crippen LogP contribution in [0, 0.1) is 0 Å². The third kappa shape index (κ3) is 10.2. The van der Waals surface area contributed by atoms with Crippen LogP contribution in [0.3, 0.4) is 0 Å². The molecule has 8 nitrogen and oxygen atoms in total. The van der Waals surface area contributed by atoms with Crippen LogP contribution in [0.15, 0.2) is 66.7 Å². The molecule has 0 saturated heterocycles. The topological polar surface area (TPSA) is 84.8 Å². The number of alkyl halides is 5. The zero-order valence-corrected chi connectivity index (χ0v) is 29.2. The van der Waals surface area contributed by atoms with Crippen LogP contribution in [0.4, 0.5) is 22.0 Å². The molecule has 0 radical (unpaired) electrons. The van der Waals surface area contributed by atoms with Crippen LogP contribution >= 0.6 is 11.8 Å². The maximum Gasteiger partial charge on any atom is 0.453 e. The smallest absolute Gasteiger partial charge is 0.453 e. The summed E-state index contributed by atoms with van der Waals surface area (Å²) in [6.45, 7) is 4.35. The maximum atomic E-state index is 13.1. The minimum atomic E-state index is -5.55. The minimum absolute atomic E-state index is 0.0938. The quantitative estimate of drug-likeness (QED) is 0.0751. The average molecular weight is 731 g/mol. The normalized spacial score (nSPS) is 18.9. The van der Waals surface area contributed by atoms with Gasteiger partial charge in [-0.1, -0.05) is 37.3 Å². The predicted molar refractivity (Wildman–Crippen MR) is 179 cm³/mol. The van der Waals surface area contributed by atoms with Gasteiger partial charge in [-0.05, 0) is 60.6 Å². The van der Waals surface area contributed by atoms with E-state index in [0.717, 1.165) is 16.7 Å². The molecule has 14 heteroatoms. The van der Waals surface area contributed by atoms with E-state index < -0.39 is 36.3 Å². The van der Waals surface area contributed by atoms with Crippen LogP contribution in [-0.4, -0.2) is 82.1 Å². The Morgan fingerprint density at radius 3 is 2.12 bits per heavy atom. The molecule has 4 atom stereocenters. The zero-order chi connectivity index (χ0) is 36.4. The SMILES string of the molecule is COCOc1ccc(C2(C)COc3cc(OCOC)ccc3C2c2ccc(OC(OCCSCCCC(F)(F)C(F)(F)F)C(C)O)cc2)cc1. The highest BCUT2D eigenvalue weighted by Gasteiger charge is 2.56. The molecule has 0 bridgehead atoms. The lowest BCUT2D eigenvalue weighted by atomic mass is 9.65. The molecule has 4 unspecified atom stereocenters. The van der Waals surface area contributed by atoms with E-state index in [-0.39, 0.29) is 38.3 Å². The summed E-state index contributed by atoms with van der Waals surface area (Å²) in [4.78, 5) is 0. The Labute approximate surface area is 293 Å². The Hall–Kier alpha value is -3.30. The van der Waals surface area contributed by atoms with Gasteiger partial charge in [-0.3, -0.25) is 0 Å². The summed E-state index contributed by atoms with van der Waals surface area (Å²) < 4.78 is 103. The molecule has 1 N–H and O–H groups in total. The number of aliphatic hydroxyl groups is 1. The first kappa shape index (κ1) is 39.5. The Morgan fingerprint density at radius 1 is 0.880 bits per heavy atom. The minimum Gasteiger partial charge on any atom is -0.492 e. The van der Waals surface area contributed by atoms with E-state index in [0.29, 0.717) is 35.4 Å². The van der Waals surface area contributed by atoms with Crippen molar-refractivity contribution >= 4 is 11.8 Å². The summed E-state index contributed by atoms with van der Waals surface area (Å²) in [6.07, 6.45) is -9.16. The average Bonchev–Trinajstić information content (AvgIpc) is 3.08. The Bertz CT molecular complexity index is 1470. The lowest BCUT2D eigenvalue weighted by Crippen LogP contribution is -2.41. The van der Waals surface area contributed by atoms with Crippen LogP contribution in [-0.2, 0) is 19.6 Å². The van der Waals surface area contributed by atoms with Gasteiger partial charge in [0.15, 0.2) is 13.6 Å². The molecule has 1 heterocycles. The van der Waals surface area contributed by atoms with Crippen molar-refractivity contribution in [3.05, 3.63) is 83.4 Å². The summed E-state index contributed by atoms with van der Waals surface area (Å²) >= 11 is 1.18. The fourth-order valence-electron chi connectivity index (χ4n) is 5.61. The fourth-order valence-corrected chi connectivity index (χ4v) is 6.38. The van der Waals surface area contributed by atoms with Crippen LogP contribution in [0.25, 0.3) is 0 Å². The first-order valence-electron chi connectivity index (χ1n) is 16.0. The number of ether oxygens (including phenoxy) is 7. The highest BCUT2D eigenvalue weighted by atomic mass is 32.2. The number of fused-ring (bicyclic) bond motifs is 1. The first-order valence-corrected chi connectivity index (χ1v) is 17.1. The second kappa shape index (κ2) is 17.8. The van der Waals surface area contributed by atoms with Gasteiger partial charge in [0.25, 0.3) is 0 Å². The molecule has 0 aromatic heterocycles. The molecule has 0 spiro atoms. The highest BCUT2D eigenvalue weighted by Crippen LogP contribution is 2.51. The maximum absolute atomic E-state index is 13.1. The molecular formula is C36H43F5O8S. The van der Waals surface area contributed by atoms with Gasteiger partial charge in [-0.15, -0.1) is 0 Å². The molecule has 0 aliphatic carbocycles. The van der Waals surface area contributed by atoms with Gasteiger partial charge in [-0.25, -0.2) is 0 Å². The standard InChI is InChI=1S/C36H43F5O8S/c1-24(42)33(45-17-19-50-18-5-16-35(37,38)36(39,40)41)49-28-10-6-25(7-11-28)32-30-15-14-29(48-23-44-4)20-31(30)46-21-34(32,2)26-8-12-27(13-9-26)47-22-43-3/h6-15,20,24,32-33,42H,5,16-19,21-23H2,1-4H3.